The van der Waals surface area contributed by atoms with Crippen LogP contribution in [0, 0.1) is 0 Å². The van der Waals surface area contributed by atoms with Crippen molar-refractivity contribution in [1.82, 2.24) is 19.5 Å². The summed E-state index contributed by atoms with van der Waals surface area (Å²) >= 11 is 1.80. The Morgan fingerprint density at radius 1 is 0.404 bits per heavy atom. The lowest BCUT2D eigenvalue weighted by atomic mass is 10.00. The van der Waals surface area contributed by atoms with Gasteiger partial charge in [0.15, 0.2) is 17.5 Å². The largest absolute Gasteiger partial charge is 0.309 e. The molecule has 0 amide bonds. The molecular formula is C47H28N4S. The number of benzene rings is 8. The molecule has 0 saturated heterocycles. The molecule has 11 rings (SSSR count). The first-order chi connectivity index (χ1) is 25.8. The van der Waals surface area contributed by atoms with E-state index >= 15 is 0 Å². The molecule has 0 aliphatic carbocycles. The van der Waals surface area contributed by atoms with E-state index in [1.807, 2.05) is 36.4 Å². The molecule has 0 aliphatic heterocycles. The minimum absolute atomic E-state index is 0.663. The van der Waals surface area contributed by atoms with Crippen LogP contribution in [-0.4, -0.2) is 19.5 Å². The predicted molar refractivity (Wildman–Crippen MR) is 218 cm³/mol. The normalized spacial score (nSPS) is 11.8. The van der Waals surface area contributed by atoms with Gasteiger partial charge in [0.05, 0.1) is 11.0 Å². The zero-order chi connectivity index (χ0) is 34.2. The number of thiophene rings is 1. The third kappa shape index (κ3) is 4.43. The van der Waals surface area contributed by atoms with Crippen LogP contribution in [-0.2, 0) is 0 Å². The number of fused-ring (bicyclic) bond motifs is 10. The van der Waals surface area contributed by atoms with Crippen molar-refractivity contribution in [3.05, 3.63) is 170 Å². The SMILES string of the molecule is c1ccc(-c2nc(-c3ccccc3)nc(-c3cccc4c3sc3cc(-n5c6ccc7ccccc7c6c6c7ccccc7ccc65)ccc34)n2)cc1. The molecule has 8 aromatic carbocycles. The number of nitrogens with zero attached hydrogens (tertiary/aromatic N) is 4. The van der Waals surface area contributed by atoms with Gasteiger partial charge < -0.3 is 4.57 Å². The summed E-state index contributed by atoms with van der Waals surface area (Å²) in [6.45, 7) is 0. The summed E-state index contributed by atoms with van der Waals surface area (Å²) in [6.07, 6.45) is 0. The standard InChI is InChI=1S/C47H28N4S/c1-3-14-31(15-4-1)45-48-46(32-16-5-2-6-17-32)50-47(49-45)38-21-11-20-37-36-25-24-33(28-41(36)52-44(37)38)51-39-26-22-29-12-7-9-18-34(29)42(39)43-35-19-10-8-13-30(35)23-27-40(43)51/h1-28H. The molecule has 11 aromatic rings. The maximum Gasteiger partial charge on any atom is 0.165 e. The highest BCUT2D eigenvalue weighted by Gasteiger charge is 2.20. The van der Waals surface area contributed by atoms with E-state index in [1.54, 1.807) is 11.3 Å². The van der Waals surface area contributed by atoms with E-state index in [2.05, 4.69) is 138 Å². The average Bonchev–Trinajstić information content (AvgIpc) is 3.77. The molecule has 0 fully saturated rings. The Bertz CT molecular complexity index is 3030. The van der Waals surface area contributed by atoms with Gasteiger partial charge in [-0.3, -0.25) is 0 Å². The van der Waals surface area contributed by atoms with Gasteiger partial charge in [0, 0.05) is 53.3 Å². The van der Waals surface area contributed by atoms with Crippen LogP contribution in [0.1, 0.15) is 0 Å². The van der Waals surface area contributed by atoms with Crippen molar-refractivity contribution < 1.29 is 0 Å². The second-order valence-corrected chi connectivity index (χ2v) is 14.3. The van der Waals surface area contributed by atoms with Crippen LogP contribution >= 0.6 is 11.3 Å². The van der Waals surface area contributed by atoms with Crippen molar-refractivity contribution in [1.29, 1.82) is 0 Å². The molecule has 0 spiro atoms. The minimum Gasteiger partial charge on any atom is -0.309 e. The van der Waals surface area contributed by atoms with Crippen LogP contribution in [0.25, 0.3) is 103 Å². The van der Waals surface area contributed by atoms with Gasteiger partial charge in [-0.05, 0) is 51.9 Å². The first kappa shape index (κ1) is 29.1. The zero-order valence-electron chi connectivity index (χ0n) is 27.9. The lowest BCUT2D eigenvalue weighted by Gasteiger charge is -2.09. The number of hydrogen-bond donors (Lipinski definition) is 0. The molecule has 5 heteroatoms. The highest BCUT2D eigenvalue weighted by molar-refractivity contribution is 7.26. The predicted octanol–water partition coefficient (Wildman–Crippen LogP) is 12.6. The first-order valence-corrected chi connectivity index (χ1v) is 18.3. The smallest absolute Gasteiger partial charge is 0.165 e. The Morgan fingerprint density at radius 2 is 0.942 bits per heavy atom. The van der Waals surface area contributed by atoms with Crippen molar-refractivity contribution in [2.45, 2.75) is 0 Å². The van der Waals surface area contributed by atoms with Crippen molar-refractivity contribution in [3.63, 3.8) is 0 Å². The Balaban J connectivity index is 1.14. The van der Waals surface area contributed by atoms with E-state index < -0.39 is 0 Å². The van der Waals surface area contributed by atoms with E-state index in [4.69, 9.17) is 15.0 Å². The molecule has 0 saturated carbocycles. The van der Waals surface area contributed by atoms with E-state index in [9.17, 15) is 0 Å². The molecule has 0 radical (unpaired) electrons. The van der Waals surface area contributed by atoms with Crippen LogP contribution in [0.4, 0.5) is 0 Å². The van der Waals surface area contributed by atoms with Gasteiger partial charge in [-0.15, -0.1) is 11.3 Å². The summed E-state index contributed by atoms with van der Waals surface area (Å²) in [6, 6.07) is 60.3. The zero-order valence-corrected chi connectivity index (χ0v) is 28.7. The van der Waals surface area contributed by atoms with E-state index in [0.717, 1.165) is 27.1 Å². The third-order valence-electron chi connectivity index (χ3n) is 10.2. The highest BCUT2D eigenvalue weighted by atomic mass is 32.1. The molecule has 0 atom stereocenters. The van der Waals surface area contributed by atoms with Gasteiger partial charge in [-0.1, -0.05) is 140 Å². The monoisotopic (exact) mass is 680 g/mol. The Morgan fingerprint density at radius 3 is 1.56 bits per heavy atom. The van der Waals surface area contributed by atoms with Crippen LogP contribution in [0.15, 0.2) is 170 Å². The number of hydrogen-bond acceptors (Lipinski definition) is 4. The third-order valence-corrected chi connectivity index (χ3v) is 11.4. The average molecular weight is 681 g/mol. The van der Waals surface area contributed by atoms with Crippen LogP contribution in [0.2, 0.25) is 0 Å². The molecule has 0 aliphatic rings. The Kier molecular flexibility index (Phi) is 6.39. The van der Waals surface area contributed by atoms with Gasteiger partial charge in [-0.2, -0.15) is 0 Å². The van der Waals surface area contributed by atoms with Crippen molar-refractivity contribution in [2.24, 2.45) is 0 Å². The summed E-state index contributed by atoms with van der Waals surface area (Å²) in [5.41, 5.74) is 6.49. The van der Waals surface area contributed by atoms with Crippen LogP contribution in [0.3, 0.4) is 0 Å². The Hall–Kier alpha value is -6.69. The van der Waals surface area contributed by atoms with Gasteiger partial charge >= 0.3 is 0 Å². The molecule has 0 bridgehead atoms. The fraction of sp³-hybridized carbons (Fsp3) is 0. The molecule has 3 heterocycles. The summed E-state index contributed by atoms with van der Waals surface area (Å²) in [5.74, 6) is 2.00. The van der Waals surface area contributed by atoms with Gasteiger partial charge in [0.1, 0.15) is 0 Å². The van der Waals surface area contributed by atoms with Crippen LogP contribution in [0.5, 0.6) is 0 Å². The first-order valence-electron chi connectivity index (χ1n) is 17.5. The van der Waals surface area contributed by atoms with E-state index in [0.29, 0.717) is 17.5 Å². The molecule has 0 unspecified atom stereocenters. The van der Waals surface area contributed by atoms with Gasteiger partial charge in [0.2, 0.25) is 0 Å². The van der Waals surface area contributed by atoms with Crippen molar-refractivity contribution >= 4 is 74.9 Å². The van der Waals surface area contributed by atoms with E-state index in [-0.39, 0.29) is 0 Å². The lowest BCUT2D eigenvalue weighted by molar-refractivity contribution is 1.08. The van der Waals surface area contributed by atoms with Crippen molar-refractivity contribution in [2.75, 3.05) is 0 Å². The van der Waals surface area contributed by atoms with Crippen molar-refractivity contribution in [3.8, 4) is 39.9 Å². The molecule has 242 valence electrons. The maximum atomic E-state index is 5.08. The fourth-order valence-corrected chi connectivity index (χ4v) is 9.10. The number of aromatic nitrogens is 4. The Labute approximate surface area is 302 Å². The van der Waals surface area contributed by atoms with Crippen LogP contribution < -0.4 is 0 Å². The second kappa shape index (κ2) is 11.4. The summed E-state index contributed by atoms with van der Waals surface area (Å²) in [7, 11) is 0. The second-order valence-electron chi connectivity index (χ2n) is 13.2. The molecular weight excluding hydrogens is 653 g/mol. The number of rotatable bonds is 4. The molecule has 3 aromatic heterocycles. The fourth-order valence-electron chi connectivity index (χ4n) is 7.86. The lowest BCUT2D eigenvalue weighted by Crippen LogP contribution is -2.00. The molecule has 4 nitrogen and oxygen atoms in total. The summed E-state index contributed by atoms with van der Waals surface area (Å²) in [5, 5.41) is 10.1. The summed E-state index contributed by atoms with van der Waals surface area (Å²) in [4.78, 5) is 15.1. The topological polar surface area (TPSA) is 43.6 Å². The van der Waals surface area contributed by atoms with Gasteiger partial charge in [0.25, 0.3) is 0 Å². The van der Waals surface area contributed by atoms with Gasteiger partial charge in [-0.25, -0.2) is 15.0 Å². The maximum absolute atomic E-state index is 5.08. The van der Waals surface area contributed by atoms with E-state index in [1.165, 1.54) is 58.8 Å². The molecule has 0 N–H and O–H groups in total. The quantitative estimate of drug-likeness (QED) is 0.186. The molecule has 52 heavy (non-hydrogen) atoms. The highest BCUT2D eigenvalue weighted by Crippen LogP contribution is 2.43. The minimum atomic E-state index is 0.663. The summed E-state index contributed by atoms with van der Waals surface area (Å²) < 4.78 is 4.83.